The normalized spacial score (nSPS) is 13.2. The Hall–Kier alpha value is -2.85. The molecule has 0 unspecified atom stereocenters. The lowest BCUT2D eigenvalue weighted by Crippen LogP contribution is -2.30. The number of nitrogens with zero attached hydrogens (tertiary/aromatic N) is 2. The van der Waals surface area contributed by atoms with Crippen LogP contribution in [0.25, 0.3) is 10.2 Å². The molecule has 8 nitrogen and oxygen atoms in total. The molecule has 10 heteroatoms. The van der Waals surface area contributed by atoms with Gasteiger partial charge in [0.2, 0.25) is 12.7 Å². The van der Waals surface area contributed by atoms with Crippen LogP contribution in [0, 0.1) is 13.8 Å². The van der Waals surface area contributed by atoms with E-state index in [2.05, 4.69) is 15.3 Å². The number of nitrogens with one attached hydrogen (secondary N) is 1. The van der Waals surface area contributed by atoms with E-state index in [1.165, 1.54) is 23.1 Å². The summed E-state index contributed by atoms with van der Waals surface area (Å²) in [5.41, 5.74) is 1.70. The zero-order chi connectivity index (χ0) is 22.8. The standard InChI is InChI=1S/C22H23N3O5S2/c1-5-28-22(27)18-11(2)17-20(24-13(4)25-21(17)32-18)31-12(3)19(26)23-9-14-6-7-15-16(8-14)30-10-29-15/h6-8,12H,5,9-10H2,1-4H3,(H,23,26)/t12-/m1/s1. The first-order valence-electron chi connectivity index (χ1n) is 10.1. The first-order chi connectivity index (χ1) is 15.4. The van der Waals surface area contributed by atoms with Crippen LogP contribution < -0.4 is 14.8 Å². The Morgan fingerprint density at radius 1 is 1.25 bits per heavy atom. The van der Waals surface area contributed by atoms with Gasteiger partial charge in [0.1, 0.15) is 20.6 Å². The Kier molecular flexibility index (Phi) is 6.52. The van der Waals surface area contributed by atoms with Crippen LogP contribution >= 0.6 is 23.1 Å². The van der Waals surface area contributed by atoms with Crippen molar-refractivity contribution in [3.05, 3.63) is 40.0 Å². The maximum atomic E-state index is 12.8. The van der Waals surface area contributed by atoms with E-state index in [4.69, 9.17) is 14.2 Å². The minimum Gasteiger partial charge on any atom is -0.462 e. The highest BCUT2D eigenvalue weighted by Gasteiger charge is 2.24. The summed E-state index contributed by atoms with van der Waals surface area (Å²) in [6.45, 7) is 8.16. The molecule has 0 saturated carbocycles. The van der Waals surface area contributed by atoms with Gasteiger partial charge in [0, 0.05) is 11.9 Å². The number of hydrogen-bond donors (Lipinski definition) is 1. The largest absolute Gasteiger partial charge is 0.462 e. The van der Waals surface area contributed by atoms with Crippen molar-refractivity contribution >= 4 is 45.2 Å². The summed E-state index contributed by atoms with van der Waals surface area (Å²) in [6.07, 6.45) is 0. The molecule has 0 radical (unpaired) electrons. The van der Waals surface area contributed by atoms with E-state index in [1.54, 1.807) is 13.8 Å². The number of hydrogen-bond acceptors (Lipinski definition) is 9. The fourth-order valence-corrected chi connectivity index (χ4v) is 5.55. The summed E-state index contributed by atoms with van der Waals surface area (Å²) >= 11 is 2.64. The zero-order valence-electron chi connectivity index (χ0n) is 18.2. The predicted molar refractivity (Wildman–Crippen MR) is 123 cm³/mol. The molecule has 3 aromatic rings. The Bertz CT molecular complexity index is 1190. The van der Waals surface area contributed by atoms with Gasteiger partial charge in [0.25, 0.3) is 0 Å². The number of aromatic nitrogens is 2. The first-order valence-corrected chi connectivity index (χ1v) is 11.8. The van der Waals surface area contributed by atoms with Crippen molar-refractivity contribution < 1.29 is 23.8 Å². The molecule has 0 saturated heterocycles. The Balaban J connectivity index is 1.49. The smallest absolute Gasteiger partial charge is 0.348 e. The fraction of sp³-hybridized carbons (Fsp3) is 0.364. The topological polar surface area (TPSA) is 99.6 Å². The van der Waals surface area contributed by atoms with Crippen molar-refractivity contribution in [2.24, 2.45) is 0 Å². The van der Waals surface area contributed by atoms with E-state index in [0.717, 1.165) is 16.5 Å². The molecular weight excluding hydrogens is 450 g/mol. The molecule has 1 amide bonds. The number of carbonyl (C=O) groups excluding carboxylic acids is 2. The summed E-state index contributed by atoms with van der Waals surface area (Å²) in [5.74, 6) is 1.50. The van der Waals surface area contributed by atoms with Gasteiger partial charge in [-0.1, -0.05) is 17.8 Å². The van der Waals surface area contributed by atoms with Gasteiger partial charge < -0.3 is 19.5 Å². The lowest BCUT2D eigenvalue weighted by Gasteiger charge is -2.13. The van der Waals surface area contributed by atoms with Gasteiger partial charge in [-0.15, -0.1) is 11.3 Å². The average Bonchev–Trinajstić information content (AvgIpc) is 3.35. The van der Waals surface area contributed by atoms with Crippen LogP contribution in [0.2, 0.25) is 0 Å². The van der Waals surface area contributed by atoms with E-state index in [-0.39, 0.29) is 18.7 Å². The Morgan fingerprint density at radius 3 is 2.81 bits per heavy atom. The molecule has 0 spiro atoms. The molecule has 1 aliphatic rings. The van der Waals surface area contributed by atoms with Crippen molar-refractivity contribution in [3.8, 4) is 11.5 Å². The minimum atomic E-state index is -0.396. The highest BCUT2D eigenvalue weighted by Crippen LogP contribution is 2.37. The third kappa shape index (κ3) is 4.51. The fourth-order valence-electron chi connectivity index (χ4n) is 3.29. The van der Waals surface area contributed by atoms with Gasteiger partial charge in [-0.25, -0.2) is 14.8 Å². The summed E-state index contributed by atoms with van der Waals surface area (Å²) in [5, 5.41) is 4.04. The third-order valence-electron chi connectivity index (χ3n) is 4.89. The first kappa shape index (κ1) is 22.3. The van der Waals surface area contributed by atoms with Crippen LogP contribution in [0.5, 0.6) is 11.5 Å². The molecule has 1 atom stereocenters. The molecule has 1 aliphatic heterocycles. The van der Waals surface area contributed by atoms with Gasteiger partial charge in [0.05, 0.1) is 11.9 Å². The summed E-state index contributed by atoms with van der Waals surface area (Å²) < 4.78 is 15.9. The van der Waals surface area contributed by atoms with E-state index < -0.39 is 5.25 Å². The molecule has 3 heterocycles. The van der Waals surface area contributed by atoms with E-state index in [0.29, 0.717) is 45.2 Å². The second-order valence-corrected chi connectivity index (χ2v) is 9.53. The molecule has 1 N–H and O–H groups in total. The van der Waals surface area contributed by atoms with Gasteiger partial charge in [-0.2, -0.15) is 0 Å². The van der Waals surface area contributed by atoms with Crippen molar-refractivity contribution in [1.82, 2.24) is 15.3 Å². The number of fused-ring (bicyclic) bond motifs is 2. The van der Waals surface area contributed by atoms with Gasteiger partial charge >= 0.3 is 5.97 Å². The Labute approximate surface area is 193 Å². The maximum absolute atomic E-state index is 12.8. The SMILES string of the molecule is CCOC(=O)c1sc2nc(C)nc(S[C@H](C)C(=O)NCc3ccc4c(c3)OCO4)c2c1C. The lowest BCUT2D eigenvalue weighted by molar-refractivity contribution is -0.120. The molecule has 0 fully saturated rings. The maximum Gasteiger partial charge on any atom is 0.348 e. The van der Waals surface area contributed by atoms with Crippen LogP contribution in [0.4, 0.5) is 0 Å². The molecule has 32 heavy (non-hydrogen) atoms. The van der Waals surface area contributed by atoms with Gasteiger partial charge in [-0.3, -0.25) is 4.79 Å². The summed E-state index contributed by atoms with van der Waals surface area (Å²) in [6, 6.07) is 5.60. The lowest BCUT2D eigenvalue weighted by atomic mass is 10.2. The molecule has 168 valence electrons. The molecule has 1 aromatic carbocycles. The van der Waals surface area contributed by atoms with Gasteiger partial charge in [-0.05, 0) is 51.0 Å². The second kappa shape index (κ2) is 9.33. The van der Waals surface area contributed by atoms with Gasteiger partial charge in [0.15, 0.2) is 11.5 Å². The third-order valence-corrected chi connectivity index (χ3v) is 7.14. The number of benzene rings is 1. The van der Waals surface area contributed by atoms with Crippen molar-refractivity contribution in [3.63, 3.8) is 0 Å². The Morgan fingerprint density at radius 2 is 2.03 bits per heavy atom. The highest BCUT2D eigenvalue weighted by molar-refractivity contribution is 8.00. The second-order valence-electron chi connectivity index (χ2n) is 7.20. The summed E-state index contributed by atoms with van der Waals surface area (Å²) in [7, 11) is 0. The van der Waals surface area contributed by atoms with E-state index in [9.17, 15) is 9.59 Å². The number of thioether (sulfide) groups is 1. The van der Waals surface area contributed by atoms with E-state index >= 15 is 0 Å². The van der Waals surface area contributed by atoms with Crippen molar-refractivity contribution in [2.45, 2.75) is 44.5 Å². The molecule has 0 bridgehead atoms. The quantitative estimate of drug-likeness (QED) is 0.312. The number of rotatable bonds is 7. The number of ether oxygens (including phenoxy) is 3. The van der Waals surface area contributed by atoms with Crippen LogP contribution in [0.1, 0.15) is 40.5 Å². The van der Waals surface area contributed by atoms with Crippen LogP contribution in [-0.2, 0) is 16.1 Å². The number of amides is 1. The van der Waals surface area contributed by atoms with Crippen molar-refractivity contribution in [2.75, 3.05) is 13.4 Å². The van der Waals surface area contributed by atoms with Crippen LogP contribution in [-0.4, -0.2) is 40.5 Å². The number of aryl methyl sites for hydroxylation is 2. The molecule has 4 rings (SSSR count). The average molecular weight is 474 g/mol. The minimum absolute atomic E-state index is 0.115. The zero-order valence-corrected chi connectivity index (χ0v) is 19.8. The molecular formula is C22H23N3O5S2. The molecule has 0 aliphatic carbocycles. The molecule has 2 aromatic heterocycles. The summed E-state index contributed by atoms with van der Waals surface area (Å²) in [4.78, 5) is 35.3. The number of thiophene rings is 1. The van der Waals surface area contributed by atoms with Crippen LogP contribution in [0.3, 0.4) is 0 Å². The van der Waals surface area contributed by atoms with E-state index in [1.807, 2.05) is 32.0 Å². The van der Waals surface area contributed by atoms with Crippen LogP contribution in [0.15, 0.2) is 23.2 Å². The number of esters is 1. The van der Waals surface area contributed by atoms with Crippen molar-refractivity contribution in [1.29, 1.82) is 0 Å². The monoisotopic (exact) mass is 473 g/mol. The highest BCUT2D eigenvalue weighted by atomic mass is 32.2. The predicted octanol–water partition coefficient (Wildman–Crippen LogP) is 4.01. The number of carbonyl (C=O) groups is 2.